The molecule has 2 N–H and O–H groups in total. The van der Waals surface area contributed by atoms with Crippen LogP contribution in [0.5, 0.6) is 5.75 Å². The van der Waals surface area contributed by atoms with E-state index in [-0.39, 0.29) is 11.8 Å². The molecule has 0 radical (unpaired) electrons. The smallest absolute Gasteiger partial charge is 0.308 e. The molecule has 0 aliphatic rings. The van der Waals surface area contributed by atoms with Crippen LogP contribution in [0.15, 0.2) is 60.7 Å². The van der Waals surface area contributed by atoms with Crippen LogP contribution in [0.3, 0.4) is 0 Å². The molecule has 0 saturated heterocycles. The van der Waals surface area contributed by atoms with Crippen molar-refractivity contribution in [3.05, 3.63) is 71.8 Å². The minimum Gasteiger partial charge on any atom is -0.427 e. The highest BCUT2D eigenvalue weighted by atomic mass is 16.5. The van der Waals surface area contributed by atoms with Gasteiger partial charge in [0.25, 0.3) is 5.91 Å². The Bertz CT molecular complexity index is 841. The highest BCUT2D eigenvalue weighted by Crippen LogP contribution is 2.16. The highest BCUT2D eigenvalue weighted by Gasteiger charge is 2.08. The van der Waals surface area contributed by atoms with Gasteiger partial charge in [-0.25, -0.2) is 0 Å². The van der Waals surface area contributed by atoms with Crippen LogP contribution in [-0.2, 0) is 16.1 Å². The van der Waals surface area contributed by atoms with Gasteiger partial charge in [-0.2, -0.15) is 0 Å². The van der Waals surface area contributed by atoms with Gasteiger partial charge in [0.05, 0.1) is 0 Å². The van der Waals surface area contributed by atoms with Gasteiger partial charge in [-0.3, -0.25) is 14.4 Å². The average molecular weight is 352 g/mol. The molecule has 0 aliphatic carbocycles. The van der Waals surface area contributed by atoms with Gasteiger partial charge >= 0.3 is 5.97 Å². The van der Waals surface area contributed by atoms with Gasteiger partial charge in [-0.1, -0.05) is 24.8 Å². The first-order chi connectivity index (χ1) is 12.3. The van der Waals surface area contributed by atoms with Gasteiger partial charge in [0.1, 0.15) is 5.75 Å². The van der Waals surface area contributed by atoms with Crippen molar-refractivity contribution in [3.8, 4) is 5.75 Å². The molecule has 6 nitrogen and oxygen atoms in total. The monoisotopic (exact) mass is 352 g/mol. The summed E-state index contributed by atoms with van der Waals surface area (Å²) in [5.41, 5.74) is 2.34. The first kappa shape index (κ1) is 18.9. The van der Waals surface area contributed by atoms with Gasteiger partial charge in [0.15, 0.2) is 0 Å². The zero-order valence-corrected chi connectivity index (χ0v) is 14.7. The lowest BCUT2D eigenvalue weighted by Gasteiger charge is -2.09. The van der Waals surface area contributed by atoms with Crippen molar-refractivity contribution in [3.63, 3.8) is 0 Å². The number of carbonyl (C=O) groups excluding carboxylic acids is 3. The summed E-state index contributed by atoms with van der Waals surface area (Å²) in [6.45, 7) is 6.90. The van der Waals surface area contributed by atoms with Crippen molar-refractivity contribution < 1.29 is 19.1 Å². The Balaban J connectivity index is 1.98. The summed E-state index contributed by atoms with van der Waals surface area (Å²) in [5, 5.41) is 5.51. The molecular weight excluding hydrogens is 332 g/mol. The van der Waals surface area contributed by atoms with Crippen molar-refractivity contribution in [2.75, 3.05) is 5.32 Å². The number of nitrogens with one attached hydrogen (secondary N) is 2. The Morgan fingerprint density at radius 3 is 2.35 bits per heavy atom. The molecule has 0 heterocycles. The van der Waals surface area contributed by atoms with E-state index in [0.717, 1.165) is 5.56 Å². The first-order valence-corrected chi connectivity index (χ1v) is 7.97. The molecule has 2 aromatic rings. The Kier molecular flexibility index (Phi) is 6.27. The summed E-state index contributed by atoms with van der Waals surface area (Å²) in [5.74, 6) is -0.650. The maximum Gasteiger partial charge on any atom is 0.308 e. The van der Waals surface area contributed by atoms with Gasteiger partial charge < -0.3 is 15.4 Å². The molecule has 0 aromatic heterocycles. The van der Waals surface area contributed by atoms with Crippen LogP contribution < -0.4 is 15.4 Å². The molecular formula is C20H20N2O4. The number of amides is 2. The van der Waals surface area contributed by atoms with Crippen LogP contribution in [-0.4, -0.2) is 17.8 Å². The Morgan fingerprint density at radius 2 is 1.73 bits per heavy atom. The zero-order chi connectivity index (χ0) is 19.1. The molecule has 134 valence electrons. The number of carbonyl (C=O) groups is 3. The van der Waals surface area contributed by atoms with E-state index in [1.807, 2.05) is 12.1 Å². The summed E-state index contributed by atoms with van der Waals surface area (Å²) in [6.07, 6.45) is 0. The Labute approximate surface area is 151 Å². The minimum absolute atomic E-state index is 0.199. The molecule has 26 heavy (non-hydrogen) atoms. The van der Waals surface area contributed by atoms with E-state index in [9.17, 15) is 14.4 Å². The minimum atomic E-state index is -0.447. The number of ether oxygens (including phenoxy) is 1. The summed E-state index contributed by atoms with van der Waals surface area (Å²) in [7, 11) is 0. The van der Waals surface area contributed by atoms with E-state index in [1.165, 1.54) is 13.0 Å². The van der Waals surface area contributed by atoms with Crippen molar-refractivity contribution in [2.45, 2.75) is 20.4 Å². The van der Waals surface area contributed by atoms with E-state index in [2.05, 4.69) is 17.2 Å². The second-order valence-corrected chi connectivity index (χ2v) is 5.74. The quantitative estimate of drug-likeness (QED) is 0.475. The van der Waals surface area contributed by atoms with E-state index in [1.54, 1.807) is 37.3 Å². The summed E-state index contributed by atoms with van der Waals surface area (Å²) in [6, 6.07) is 13.5. The van der Waals surface area contributed by atoms with Crippen molar-refractivity contribution in [1.29, 1.82) is 0 Å². The molecule has 0 aliphatic heterocycles. The SMILES string of the molecule is C=C(C)C(=O)NCc1ccc(NC(=O)c2cccc(OC(C)=O)c2)cc1. The fourth-order valence-electron chi connectivity index (χ4n) is 2.11. The average Bonchev–Trinajstić information content (AvgIpc) is 2.60. The number of esters is 1. The van der Waals surface area contributed by atoms with Crippen molar-refractivity contribution in [1.82, 2.24) is 5.32 Å². The van der Waals surface area contributed by atoms with Crippen LogP contribution in [0.25, 0.3) is 0 Å². The van der Waals surface area contributed by atoms with Crippen molar-refractivity contribution in [2.24, 2.45) is 0 Å². The Morgan fingerprint density at radius 1 is 1.04 bits per heavy atom. The van der Waals surface area contributed by atoms with E-state index >= 15 is 0 Å². The number of anilines is 1. The molecule has 0 saturated carbocycles. The molecule has 0 atom stereocenters. The summed E-state index contributed by atoms with van der Waals surface area (Å²) in [4.78, 5) is 34.8. The Hall–Kier alpha value is -3.41. The molecule has 0 unspecified atom stereocenters. The number of rotatable bonds is 6. The molecule has 0 spiro atoms. The third kappa shape index (κ3) is 5.59. The van der Waals surface area contributed by atoms with Crippen LogP contribution >= 0.6 is 0 Å². The molecule has 0 fully saturated rings. The van der Waals surface area contributed by atoms with E-state index in [4.69, 9.17) is 4.74 Å². The van der Waals surface area contributed by atoms with Crippen LogP contribution in [0.2, 0.25) is 0 Å². The molecule has 2 amide bonds. The second kappa shape index (κ2) is 8.62. The predicted molar refractivity (Wildman–Crippen MR) is 98.8 cm³/mol. The number of benzene rings is 2. The van der Waals surface area contributed by atoms with Crippen LogP contribution in [0.1, 0.15) is 29.8 Å². The number of hydrogen-bond acceptors (Lipinski definition) is 4. The van der Waals surface area contributed by atoms with Gasteiger partial charge in [0.2, 0.25) is 5.91 Å². The van der Waals surface area contributed by atoms with Crippen molar-refractivity contribution >= 4 is 23.5 Å². The fraction of sp³-hybridized carbons (Fsp3) is 0.150. The summed E-state index contributed by atoms with van der Waals surface area (Å²) < 4.78 is 4.97. The van der Waals surface area contributed by atoms with Gasteiger partial charge in [-0.15, -0.1) is 0 Å². The third-order valence-corrected chi connectivity index (χ3v) is 3.41. The second-order valence-electron chi connectivity index (χ2n) is 5.74. The lowest BCUT2D eigenvalue weighted by molar-refractivity contribution is -0.131. The normalized spacial score (nSPS) is 9.92. The predicted octanol–water partition coefficient (Wildman–Crippen LogP) is 3.06. The van der Waals surface area contributed by atoms with Gasteiger partial charge in [0, 0.05) is 30.3 Å². The van der Waals surface area contributed by atoms with Crippen LogP contribution in [0.4, 0.5) is 5.69 Å². The van der Waals surface area contributed by atoms with Gasteiger partial charge in [-0.05, 0) is 42.8 Å². The molecule has 2 rings (SSSR count). The highest BCUT2D eigenvalue weighted by molar-refractivity contribution is 6.04. The molecule has 0 bridgehead atoms. The zero-order valence-electron chi connectivity index (χ0n) is 14.7. The molecule has 6 heteroatoms. The first-order valence-electron chi connectivity index (χ1n) is 7.97. The standard InChI is InChI=1S/C20H20N2O4/c1-13(2)19(24)21-12-15-7-9-17(10-8-15)22-20(25)16-5-4-6-18(11-16)26-14(3)23/h4-11H,1,12H2,2-3H3,(H,21,24)(H,22,25). The maximum absolute atomic E-state index is 12.3. The van der Waals surface area contributed by atoms with Crippen LogP contribution in [0, 0.1) is 0 Å². The number of hydrogen-bond donors (Lipinski definition) is 2. The molecule has 2 aromatic carbocycles. The largest absolute Gasteiger partial charge is 0.427 e. The van der Waals surface area contributed by atoms with E-state index < -0.39 is 5.97 Å². The topological polar surface area (TPSA) is 84.5 Å². The van der Waals surface area contributed by atoms with E-state index in [0.29, 0.717) is 29.1 Å². The maximum atomic E-state index is 12.3. The summed E-state index contributed by atoms with van der Waals surface area (Å²) >= 11 is 0. The fourth-order valence-corrected chi connectivity index (χ4v) is 2.11. The third-order valence-electron chi connectivity index (χ3n) is 3.41. The lowest BCUT2D eigenvalue weighted by Crippen LogP contribution is -2.22. The lowest BCUT2D eigenvalue weighted by atomic mass is 10.1.